The van der Waals surface area contributed by atoms with E-state index in [1.54, 1.807) is 18.3 Å². The van der Waals surface area contributed by atoms with Crippen LogP contribution in [0.4, 0.5) is 4.39 Å². The van der Waals surface area contributed by atoms with E-state index in [-0.39, 0.29) is 12.4 Å². The lowest BCUT2D eigenvalue weighted by molar-refractivity contribution is 0.303. The van der Waals surface area contributed by atoms with Gasteiger partial charge >= 0.3 is 0 Å². The first-order valence-electron chi connectivity index (χ1n) is 6.15. The van der Waals surface area contributed by atoms with Crippen LogP contribution in [0.1, 0.15) is 5.56 Å². The van der Waals surface area contributed by atoms with Gasteiger partial charge in [-0.2, -0.15) is 0 Å². The molecule has 0 aliphatic heterocycles. The van der Waals surface area contributed by atoms with Gasteiger partial charge in [0.2, 0.25) is 0 Å². The average molecular weight is 288 g/mol. The van der Waals surface area contributed by atoms with E-state index in [4.69, 9.17) is 16.3 Å². The lowest BCUT2D eigenvalue weighted by Crippen LogP contribution is -2.00. The number of ether oxygens (including phenoxy) is 1. The largest absolute Gasteiger partial charge is 0.486 e. The second kappa shape index (κ2) is 5.47. The third kappa shape index (κ3) is 2.45. The predicted octanol–water partition coefficient (Wildman–Crippen LogP) is 4.61. The standard InChI is InChI=1S/C16H11ClFNO/c17-13-6-2-7-14(18)12(13)10-20-15-8-1-4-11-5-3-9-19-16(11)15/h1-9H,10H2. The minimum Gasteiger partial charge on any atom is -0.486 e. The normalized spacial score (nSPS) is 10.7. The zero-order valence-corrected chi connectivity index (χ0v) is 11.3. The van der Waals surface area contributed by atoms with Crippen molar-refractivity contribution in [1.82, 2.24) is 4.98 Å². The molecule has 0 spiro atoms. The monoisotopic (exact) mass is 287 g/mol. The summed E-state index contributed by atoms with van der Waals surface area (Å²) in [5.41, 5.74) is 1.10. The molecule has 0 aliphatic rings. The van der Waals surface area contributed by atoms with Crippen molar-refractivity contribution in [2.45, 2.75) is 6.61 Å². The lowest BCUT2D eigenvalue weighted by atomic mass is 10.2. The van der Waals surface area contributed by atoms with Crippen LogP contribution in [-0.2, 0) is 6.61 Å². The summed E-state index contributed by atoms with van der Waals surface area (Å²) >= 11 is 5.98. The van der Waals surface area contributed by atoms with Gasteiger partial charge < -0.3 is 4.74 Å². The predicted molar refractivity (Wildman–Crippen MR) is 77.5 cm³/mol. The first kappa shape index (κ1) is 12.9. The van der Waals surface area contributed by atoms with Gasteiger partial charge in [0.25, 0.3) is 0 Å². The average Bonchev–Trinajstić information content (AvgIpc) is 2.47. The highest BCUT2D eigenvalue weighted by atomic mass is 35.5. The highest BCUT2D eigenvalue weighted by Gasteiger charge is 2.09. The first-order chi connectivity index (χ1) is 9.75. The van der Waals surface area contributed by atoms with Gasteiger partial charge in [-0.3, -0.25) is 4.98 Å². The van der Waals surface area contributed by atoms with Gasteiger partial charge in [-0.1, -0.05) is 35.9 Å². The topological polar surface area (TPSA) is 22.1 Å². The van der Waals surface area contributed by atoms with E-state index in [1.807, 2.05) is 30.3 Å². The molecule has 0 aliphatic carbocycles. The Hall–Kier alpha value is -2.13. The quantitative estimate of drug-likeness (QED) is 0.702. The van der Waals surface area contributed by atoms with E-state index in [0.29, 0.717) is 16.3 Å². The van der Waals surface area contributed by atoms with Crippen LogP contribution in [0.5, 0.6) is 5.75 Å². The summed E-state index contributed by atoms with van der Waals surface area (Å²) in [5, 5.41) is 1.34. The first-order valence-corrected chi connectivity index (χ1v) is 6.53. The molecule has 100 valence electrons. The van der Waals surface area contributed by atoms with E-state index in [1.165, 1.54) is 6.07 Å². The summed E-state index contributed by atoms with van der Waals surface area (Å²) in [6.45, 7) is 0.0706. The number of hydrogen-bond acceptors (Lipinski definition) is 2. The summed E-state index contributed by atoms with van der Waals surface area (Å²) in [6.07, 6.45) is 1.70. The number of nitrogens with zero attached hydrogens (tertiary/aromatic N) is 1. The molecule has 3 rings (SSSR count). The van der Waals surface area contributed by atoms with Crippen LogP contribution < -0.4 is 4.74 Å². The smallest absolute Gasteiger partial charge is 0.146 e. The highest BCUT2D eigenvalue weighted by Crippen LogP contribution is 2.26. The van der Waals surface area contributed by atoms with E-state index < -0.39 is 0 Å². The second-order valence-electron chi connectivity index (χ2n) is 4.32. The maximum absolute atomic E-state index is 13.7. The third-order valence-corrected chi connectivity index (χ3v) is 3.38. The molecule has 0 unspecified atom stereocenters. The molecule has 0 fully saturated rings. The fraction of sp³-hybridized carbons (Fsp3) is 0.0625. The van der Waals surface area contributed by atoms with Crippen molar-refractivity contribution in [3.8, 4) is 5.75 Å². The van der Waals surface area contributed by atoms with Crippen LogP contribution in [0.3, 0.4) is 0 Å². The Morgan fingerprint density at radius 1 is 1.05 bits per heavy atom. The van der Waals surface area contributed by atoms with E-state index in [0.717, 1.165) is 10.9 Å². The summed E-state index contributed by atoms with van der Waals surface area (Å²) < 4.78 is 19.4. The van der Waals surface area contributed by atoms with E-state index in [2.05, 4.69) is 4.98 Å². The molecule has 2 aromatic carbocycles. The van der Waals surface area contributed by atoms with Gasteiger partial charge in [0, 0.05) is 17.1 Å². The molecule has 0 bridgehead atoms. The van der Waals surface area contributed by atoms with Crippen molar-refractivity contribution in [2.75, 3.05) is 0 Å². The molecule has 1 aromatic heterocycles. The Morgan fingerprint density at radius 3 is 2.70 bits per heavy atom. The lowest BCUT2D eigenvalue weighted by Gasteiger charge is -2.10. The molecule has 3 aromatic rings. The summed E-state index contributed by atoms with van der Waals surface area (Å²) in [5.74, 6) is 0.244. The zero-order chi connectivity index (χ0) is 13.9. The number of halogens is 2. The Balaban J connectivity index is 1.91. The fourth-order valence-corrected chi connectivity index (χ4v) is 2.23. The van der Waals surface area contributed by atoms with Gasteiger partial charge in [0.05, 0.1) is 5.02 Å². The molecule has 0 radical (unpaired) electrons. The second-order valence-corrected chi connectivity index (χ2v) is 4.73. The molecule has 0 atom stereocenters. The molecule has 0 amide bonds. The Kier molecular flexibility index (Phi) is 3.52. The van der Waals surface area contributed by atoms with Crippen molar-refractivity contribution in [2.24, 2.45) is 0 Å². The summed E-state index contributed by atoms with van der Waals surface area (Å²) in [4.78, 5) is 4.29. The van der Waals surface area contributed by atoms with Gasteiger partial charge in [-0.25, -0.2) is 4.39 Å². The van der Waals surface area contributed by atoms with Crippen molar-refractivity contribution in [3.63, 3.8) is 0 Å². The zero-order valence-electron chi connectivity index (χ0n) is 10.5. The number of benzene rings is 2. The van der Waals surface area contributed by atoms with Crippen molar-refractivity contribution in [1.29, 1.82) is 0 Å². The molecular weight excluding hydrogens is 277 g/mol. The van der Waals surface area contributed by atoms with E-state index in [9.17, 15) is 4.39 Å². The number of aromatic nitrogens is 1. The summed E-state index contributed by atoms with van der Waals surface area (Å²) in [6, 6.07) is 14.0. The third-order valence-electron chi connectivity index (χ3n) is 3.03. The molecule has 0 saturated carbocycles. The Bertz CT molecular complexity index is 735. The van der Waals surface area contributed by atoms with Crippen molar-refractivity contribution >= 4 is 22.5 Å². The van der Waals surface area contributed by atoms with Crippen LogP contribution in [0.15, 0.2) is 54.7 Å². The van der Waals surface area contributed by atoms with Crippen LogP contribution in [0.2, 0.25) is 5.02 Å². The van der Waals surface area contributed by atoms with Crippen LogP contribution >= 0.6 is 11.6 Å². The van der Waals surface area contributed by atoms with Crippen LogP contribution in [0.25, 0.3) is 10.9 Å². The van der Waals surface area contributed by atoms with Gasteiger partial charge in [0.15, 0.2) is 0 Å². The molecule has 2 nitrogen and oxygen atoms in total. The molecule has 0 N–H and O–H groups in total. The fourth-order valence-electron chi connectivity index (χ4n) is 2.01. The van der Waals surface area contributed by atoms with Crippen LogP contribution in [0, 0.1) is 5.82 Å². The maximum atomic E-state index is 13.7. The van der Waals surface area contributed by atoms with Gasteiger partial charge in [-0.15, -0.1) is 0 Å². The molecular formula is C16H11ClFNO. The number of hydrogen-bond donors (Lipinski definition) is 0. The molecule has 4 heteroatoms. The Labute approximate surface area is 120 Å². The van der Waals surface area contributed by atoms with Gasteiger partial charge in [-0.05, 0) is 24.3 Å². The SMILES string of the molecule is Fc1cccc(Cl)c1COc1cccc2cccnc12. The van der Waals surface area contributed by atoms with E-state index >= 15 is 0 Å². The van der Waals surface area contributed by atoms with Gasteiger partial charge in [0.1, 0.15) is 23.7 Å². The Morgan fingerprint density at radius 2 is 1.85 bits per heavy atom. The maximum Gasteiger partial charge on any atom is 0.146 e. The summed E-state index contributed by atoms with van der Waals surface area (Å²) in [7, 11) is 0. The number of para-hydroxylation sites is 1. The van der Waals surface area contributed by atoms with Crippen molar-refractivity contribution < 1.29 is 9.13 Å². The number of fused-ring (bicyclic) bond motifs is 1. The van der Waals surface area contributed by atoms with Crippen LogP contribution in [-0.4, -0.2) is 4.98 Å². The molecule has 0 saturated heterocycles. The minimum atomic E-state index is -0.370. The number of pyridine rings is 1. The van der Waals surface area contributed by atoms with Crippen molar-refractivity contribution in [3.05, 3.63) is 71.1 Å². The number of rotatable bonds is 3. The molecule has 1 heterocycles. The molecule has 20 heavy (non-hydrogen) atoms. The highest BCUT2D eigenvalue weighted by molar-refractivity contribution is 6.31. The minimum absolute atomic E-state index is 0.0706.